The van der Waals surface area contributed by atoms with Gasteiger partial charge in [-0.25, -0.2) is 9.78 Å². The molecule has 32 heavy (non-hydrogen) atoms. The van der Waals surface area contributed by atoms with Crippen molar-refractivity contribution >= 4 is 17.5 Å². The van der Waals surface area contributed by atoms with Crippen molar-refractivity contribution in [3.05, 3.63) is 101 Å². The highest BCUT2D eigenvalue weighted by Gasteiger charge is 2.09. The molecule has 1 aromatic carbocycles. The van der Waals surface area contributed by atoms with E-state index < -0.39 is 5.97 Å². The first-order chi connectivity index (χ1) is 15.5. The number of hydrogen-bond acceptors (Lipinski definition) is 4. The first-order valence-corrected chi connectivity index (χ1v) is 10.5. The van der Waals surface area contributed by atoms with E-state index in [2.05, 4.69) is 15.3 Å². The summed E-state index contributed by atoms with van der Waals surface area (Å²) in [5.41, 5.74) is 5.28. The van der Waals surface area contributed by atoms with E-state index in [1.165, 1.54) is 12.1 Å². The Bertz CT molecular complexity index is 1210. The third-order valence-corrected chi connectivity index (χ3v) is 4.77. The lowest BCUT2D eigenvalue weighted by atomic mass is 10.1. The first kappa shape index (κ1) is 22.7. The number of aromatic carboxylic acids is 1. The molecular formula is C25H26N4O3. The van der Waals surface area contributed by atoms with E-state index in [1.54, 1.807) is 24.4 Å². The minimum atomic E-state index is -0.975. The lowest BCUT2D eigenvalue weighted by Gasteiger charge is -2.06. The average Bonchev–Trinajstić information content (AvgIpc) is 3.22. The summed E-state index contributed by atoms with van der Waals surface area (Å²) in [4.78, 5) is 32.3. The highest BCUT2D eigenvalue weighted by atomic mass is 16.4. The summed E-state index contributed by atoms with van der Waals surface area (Å²) in [5.74, 6) is -1.19. The molecule has 1 amide bonds. The van der Waals surface area contributed by atoms with Gasteiger partial charge in [0.05, 0.1) is 16.8 Å². The van der Waals surface area contributed by atoms with E-state index >= 15 is 0 Å². The molecule has 0 unspecified atom stereocenters. The maximum absolute atomic E-state index is 12.5. The van der Waals surface area contributed by atoms with Crippen molar-refractivity contribution in [3.8, 4) is 0 Å². The van der Waals surface area contributed by atoms with Crippen molar-refractivity contribution in [1.29, 1.82) is 0 Å². The van der Waals surface area contributed by atoms with Crippen LogP contribution in [0.2, 0.25) is 0 Å². The van der Waals surface area contributed by atoms with Gasteiger partial charge < -0.3 is 14.8 Å². The Kier molecular flexibility index (Phi) is 7.33. The molecule has 2 N–H and O–H groups in total. The Morgan fingerprint density at radius 1 is 0.938 bits per heavy atom. The molecule has 0 atom stereocenters. The number of carbonyl (C=O) groups excluding carboxylic acids is 1. The number of imidazole rings is 1. The summed E-state index contributed by atoms with van der Waals surface area (Å²) in [5, 5.41) is 11.8. The van der Waals surface area contributed by atoms with Gasteiger partial charge in [-0.05, 0) is 48.4 Å². The Morgan fingerprint density at radius 3 is 2.28 bits per heavy atom. The molecule has 0 bridgehead atoms. The van der Waals surface area contributed by atoms with Gasteiger partial charge in [0.2, 0.25) is 0 Å². The Morgan fingerprint density at radius 2 is 1.62 bits per heavy atom. The van der Waals surface area contributed by atoms with Gasteiger partial charge >= 0.3 is 5.97 Å². The summed E-state index contributed by atoms with van der Waals surface area (Å²) in [6.07, 6.45) is 6.18. The SMILES string of the molecule is CC.Cc1ccc(Cc2cn3cc(C(=O)NCc4ccc(C(=O)O)cc4)ccc3n2)cn1. The molecule has 3 aromatic heterocycles. The van der Waals surface area contributed by atoms with Crippen molar-refractivity contribution in [2.45, 2.75) is 33.7 Å². The highest BCUT2D eigenvalue weighted by Crippen LogP contribution is 2.12. The van der Waals surface area contributed by atoms with Crippen molar-refractivity contribution in [1.82, 2.24) is 19.7 Å². The van der Waals surface area contributed by atoms with Crippen LogP contribution in [0.1, 0.15) is 57.1 Å². The van der Waals surface area contributed by atoms with Gasteiger partial charge in [-0.15, -0.1) is 0 Å². The number of aromatic nitrogens is 3. The first-order valence-electron chi connectivity index (χ1n) is 10.5. The molecule has 4 rings (SSSR count). The fraction of sp³-hybridized carbons (Fsp3) is 0.200. The minimum Gasteiger partial charge on any atom is -0.478 e. The molecule has 7 nitrogen and oxygen atoms in total. The number of benzene rings is 1. The Labute approximate surface area is 186 Å². The van der Waals surface area contributed by atoms with E-state index in [9.17, 15) is 9.59 Å². The number of hydrogen-bond donors (Lipinski definition) is 2. The largest absolute Gasteiger partial charge is 0.478 e. The fourth-order valence-corrected chi connectivity index (χ4v) is 3.13. The topological polar surface area (TPSA) is 96.6 Å². The monoisotopic (exact) mass is 430 g/mol. The quantitative estimate of drug-likeness (QED) is 0.476. The van der Waals surface area contributed by atoms with E-state index in [0.717, 1.165) is 28.2 Å². The molecule has 0 saturated heterocycles. The number of rotatable bonds is 6. The standard InChI is InChI=1S/C23H20N4O3.C2H6/c1-15-2-3-17(12-24-15)10-20-14-27-13-19(8-9-21(27)26-20)22(28)25-11-16-4-6-18(7-5-16)23(29)30;1-2/h2-9,12-14H,10-11H2,1H3,(H,25,28)(H,29,30);1-2H3. The normalized spacial score (nSPS) is 10.3. The zero-order valence-corrected chi connectivity index (χ0v) is 18.4. The second-order valence-corrected chi connectivity index (χ2v) is 7.08. The van der Waals surface area contributed by atoms with Gasteiger partial charge in [0.1, 0.15) is 5.65 Å². The van der Waals surface area contributed by atoms with Gasteiger partial charge in [-0.3, -0.25) is 9.78 Å². The number of fused-ring (bicyclic) bond motifs is 1. The van der Waals surface area contributed by atoms with Crippen molar-refractivity contribution < 1.29 is 14.7 Å². The zero-order valence-electron chi connectivity index (χ0n) is 18.4. The van der Waals surface area contributed by atoms with Crippen LogP contribution in [0, 0.1) is 6.92 Å². The van der Waals surface area contributed by atoms with Crippen LogP contribution in [-0.4, -0.2) is 31.4 Å². The van der Waals surface area contributed by atoms with E-state index in [1.807, 2.05) is 55.8 Å². The van der Waals surface area contributed by atoms with E-state index in [-0.39, 0.29) is 11.5 Å². The lowest BCUT2D eigenvalue weighted by molar-refractivity contribution is 0.0696. The molecule has 0 radical (unpaired) electrons. The molecule has 0 spiro atoms. The lowest BCUT2D eigenvalue weighted by Crippen LogP contribution is -2.23. The highest BCUT2D eigenvalue weighted by molar-refractivity contribution is 5.94. The number of carbonyl (C=O) groups is 2. The fourth-order valence-electron chi connectivity index (χ4n) is 3.13. The average molecular weight is 431 g/mol. The predicted molar refractivity (Wildman–Crippen MR) is 123 cm³/mol. The van der Waals surface area contributed by atoms with Crippen LogP contribution in [0.15, 0.2) is 67.1 Å². The van der Waals surface area contributed by atoms with E-state index in [4.69, 9.17) is 5.11 Å². The van der Waals surface area contributed by atoms with Gasteiger partial charge in [0, 0.05) is 37.3 Å². The number of carboxylic acids is 1. The minimum absolute atomic E-state index is 0.211. The van der Waals surface area contributed by atoms with Gasteiger partial charge in [-0.2, -0.15) is 0 Å². The van der Waals surface area contributed by atoms with Gasteiger partial charge in [0.25, 0.3) is 5.91 Å². The van der Waals surface area contributed by atoms with Crippen LogP contribution in [0.5, 0.6) is 0 Å². The number of nitrogens with one attached hydrogen (secondary N) is 1. The van der Waals surface area contributed by atoms with Crippen molar-refractivity contribution in [2.75, 3.05) is 0 Å². The summed E-state index contributed by atoms with van der Waals surface area (Å²) >= 11 is 0. The molecule has 164 valence electrons. The summed E-state index contributed by atoms with van der Waals surface area (Å²) < 4.78 is 1.84. The smallest absolute Gasteiger partial charge is 0.335 e. The second-order valence-electron chi connectivity index (χ2n) is 7.08. The molecule has 0 saturated carbocycles. The molecule has 3 heterocycles. The van der Waals surface area contributed by atoms with Crippen LogP contribution in [-0.2, 0) is 13.0 Å². The van der Waals surface area contributed by atoms with Gasteiger partial charge in [-0.1, -0.05) is 32.0 Å². The molecule has 4 aromatic rings. The molecule has 0 aliphatic rings. The van der Waals surface area contributed by atoms with E-state index in [0.29, 0.717) is 18.5 Å². The van der Waals surface area contributed by atoms with Crippen LogP contribution in [0.4, 0.5) is 0 Å². The van der Waals surface area contributed by atoms with Crippen LogP contribution >= 0.6 is 0 Å². The zero-order chi connectivity index (χ0) is 23.1. The summed E-state index contributed by atoms with van der Waals surface area (Å²) in [7, 11) is 0. The third kappa shape index (κ3) is 5.57. The van der Waals surface area contributed by atoms with Gasteiger partial charge in [0.15, 0.2) is 0 Å². The third-order valence-electron chi connectivity index (χ3n) is 4.77. The number of aryl methyl sites for hydroxylation is 1. The summed E-state index contributed by atoms with van der Waals surface area (Å²) in [6.45, 7) is 6.26. The summed E-state index contributed by atoms with van der Waals surface area (Å²) in [6, 6.07) is 14.0. The predicted octanol–water partition coefficient (Wildman–Crippen LogP) is 4.28. The van der Waals surface area contributed by atoms with Crippen molar-refractivity contribution in [2.24, 2.45) is 0 Å². The number of carboxylic acid groups (broad SMARTS) is 1. The van der Waals surface area contributed by atoms with Crippen LogP contribution in [0.25, 0.3) is 5.65 Å². The number of pyridine rings is 2. The molecule has 0 fully saturated rings. The van der Waals surface area contributed by atoms with Crippen LogP contribution in [0.3, 0.4) is 0 Å². The number of amides is 1. The maximum atomic E-state index is 12.5. The maximum Gasteiger partial charge on any atom is 0.335 e. The van der Waals surface area contributed by atoms with Crippen LogP contribution < -0.4 is 5.32 Å². The number of nitrogens with zero attached hydrogens (tertiary/aromatic N) is 3. The Hall–Kier alpha value is -4.00. The molecule has 7 heteroatoms. The molecule has 0 aliphatic heterocycles. The second kappa shape index (κ2) is 10.3. The molecular weight excluding hydrogens is 404 g/mol. The van der Waals surface area contributed by atoms with Crippen molar-refractivity contribution in [3.63, 3.8) is 0 Å². The Balaban J connectivity index is 0.00000141. The molecule has 0 aliphatic carbocycles.